The number of benzene rings is 3. The monoisotopic (exact) mass is 385 g/mol. The van der Waals surface area contributed by atoms with Gasteiger partial charge >= 0.3 is 0 Å². The zero-order valence-corrected chi connectivity index (χ0v) is 15.6. The molecule has 0 fully saturated rings. The maximum absolute atomic E-state index is 11.3. The second-order valence-electron chi connectivity index (χ2n) is 5.85. The molecule has 0 aliphatic carbocycles. The molecule has 0 aliphatic rings. The van der Waals surface area contributed by atoms with Crippen LogP contribution >= 0.6 is 12.2 Å². The molecule has 0 amide bonds. The molecule has 0 saturated carbocycles. The summed E-state index contributed by atoms with van der Waals surface area (Å²) in [6, 6.07) is 20.7. The van der Waals surface area contributed by atoms with Gasteiger partial charge in [0.05, 0.1) is 4.90 Å². The fourth-order valence-corrected chi connectivity index (χ4v) is 3.39. The Morgan fingerprint density at radius 2 is 1.65 bits per heavy atom. The molecule has 3 aromatic carbocycles. The van der Waals surface area contributed by atoms with Crippen LogP contribution in [-0.2, 0) is 16.4 Å². The van der Waals surface area contributed by atoms with Crippen molar-refractivity contribution in [2.75, 3.05) is 11.9 Å². The van der Waals surface area contributed by atoms with Crippen LogP contribution in [0, 0.1) is 0 Å². The van der Waals surface area contributed by atoms with Gasteiger partial charge in [-0.3, -0.25) is 0 Å². The number of hydrogen-bond donors (Lipinski definition) is 3. The molecule has 0 heterocycles. The SMILES string of the molecule is NS(=O)(=O)c1ccc(CCNC(=S)Nc2cccc3ccccc23)cc1. The van der Waals surface area contributed by atoms with Gasteiger partial charge in [0.25, 0.3) is 0 Å². The van der Waals surface area contributed by atoms with Crippen molar-refractivity contribution in [1.82, 2.24) is 5.32 Å². The molecular formula is C19H19N3O2S2. The lowest BCUT2D eigenvalue weighted by atomic mass is 10.1. The molecule has 0 aromatic heterocycles. The van der Waals surface area contributed by atoms with Gasteiger partial charge in [0, 0.05) is 17.6 Å². The zero-order chi connectivity index (χ0) is 18.6. The molecule has 5 nitrogen and oxygen atoms in total. The Balaban J connectivity index is 1.56. The molecule has 134 valence electrons. The van der Waals surface area contributed by atoms with E-state index in [1.807, 2.05) is 30.3 Å². The molecule has 0 atom stereocenters. The minimum atomic E-state index is -3.65. The van der Waals surface area contributed by atoms with Crippen LogP contribution in [-0.4, -0.2) is 20.1 Å². The summed E-state index contributed by atoms with van der Waals surface area (Å²) in [7, 11) is -3.65. The molecule has 0 aliphatic heterocycles. The highest BCUT2D eigenvalue weighted by Crippen LogP contribution is 2.22. The Morgan fingerprint density at radius 3 is 2.38 bits per heavy atom. The van der Waals surface area contributed by atoms with Crippen molar-refractivity contribution in [2.24, 2.45) is 5.14 Å². The van der Waals surface area contributed by atoms with E-state index >= 15 is 0 Å². The fraction of sp³-hybridized carbons (Fsp3) is 0.105. The highest BCUT2D eigenvalue weighted by molar-refractivity contribution is 7.89. The Bertz CT molecular complexity index is 1030. The number of nitrogens with one attached hydrogen (secondary N) is 2. The van der Waals surface area contributed by atoms with E-state index in [9.17, 15) is 8.42 Å². The van der Waals surface area contributed by atoms with Crippen LogP contribution in [0.5, 0.6) is 0 Å². The molecule has 0 radical (unpaired) electrons. The molecule has 0 unspecified atom stereocenters. The first-order valence-electron chi connectivity index (χ1n) is 8.08. The lowest BCUT2D eigenvalue weighted by molar-refractivity contribution is 0.598. The Morgan fingerprint density at radius 1 is 0.962 bits per heavy atom. The standard InChI is InChI=1S/C19H19N3O2S2/c20-26(23,24)16-10-8-14(9-11-16)12-13-21-19(25)22-18-7-3-5-15-4-1-2-6-17(15)18/h1-11H,12-13H2,(H2,20,23,24)(H2,21,22,25). The van der Waals surface area contributed by atoms with Crippen molar-refractivity contribution in [2.45, 2.75) is 11.3 Å². The summed E-state index contributed by atoms with van der Waals surface area (Å²) in [5.74, 6) is 0. The number of sulfonamides is 1. The summed E-state index contributed by atoms with van der Waals surface area (Å²) < 4.78 is 22.5. The number of primary sulfonamides is 1. The largest absolute Gasteiger partial charge is 0.362 e. The van der Waals surface area contributed by atoms with Gasteiger partial charge in [-0.05, 0) is 47.8 Å². The first-order chi connectivity index (χ1) is 12.4. The van der Waals surface area contributed by atoms with Gasteiger partial charge in [-0.15, -0.1) is 0 Å². The van der Waals surface area contributed by atoms with Crippen LogP contribution in [0.15, 0.2) is 71.6 Å². The second-order valence-corrected chi connectivity index (χ2v) is 7.82. The number of nitrogens with two attached hydrogens (primary N) is 1. The van der Waals surface area contributed by atoms with Gasteiger partial charge in [0.15, 0.2) is 5.11 Å². The fourth-order valence-electron chi connectivity index (χ4n) is 2.67. The molecule has 0 saturated heterocycles. The van der Waals surface area contributed by atoms with E-state index < -0.39 is 10.0 Å². The van der Waals surface area contributed by atoms with Gasteiger partial charge in [-0.25, -0.2) is 13.6 Å². The van der Waals surface area contributed by atoms with Crippen molar-refractivity contribution in [3.8, 4) is 0 Å². The van der Waals surface area contributed by atoms with Gasteiger partial charge in [-0.1, -0.05) is 48.5 Å². The van der Waals surface area contributed by atoms with Gasteiger partial charge < -0.3 is 10.6 Å². The number of thiocarbonyl (C=S) groups is 1. The van der Waals surface area contributed by atoms with E-state index in [1.54, 1.807) is 12.1 Å². The lowest BCUT2D eigenvalue weighted by Crippen LogP contribution is -2.30. The lowest BCUT2D eigenvalue weighted by Gasteiger charge is -2.12. The topological polar surface area (TPSA) is 84.2 Å². The van der Waals surface area contributed by atoms with Gasteiger partial charge in [0.2, 0.25) is 10.0 Å². The molecule has 3 aromatic rings. The first-order valence-corrected chi connectivity index (χ1v) is 10.0. The van der Waals surface area contributed by atoms with Crippen molar-refractivity contribution in [3.05, 3.63) is 72.3 Å². The highest BCUT2D eigenvalue weighted by Gasteiger charge is 2.07. The Labute approximate surface area is 158 Å². The van der Waals surface area contributed by atoms with Crippen LogP contribution in [0.25, 0.3) is 10.8 Å². The number of rotatable bonds is 5. The number of hydrogen-bond acceptors (Lipinski definition) is 3. The summed E-state index contributed by atoms with van der Waals surface area (Å²) in [5.41, 5.74) is 1.95. The smallest absolute Gasteiger partial charge is 0.238 e. The van der Waals surface area contributed by atoms with Gasteiger partial charge in [0.1, 0.15) is 0 Å². The van der Waals surface area contributed by atoms with Crippen LogP contribution in [0.4, 0.5) is 5.69 Å². The summed E-state index contributed by atoms with van der Waals surface area (Å²) in [6.45, 7) is 0.630. The molecule has 26 heavy (non-hydrogen) atoms. The summed E-state index contributed by atoms with van der Waals surface area (Å²) in [4.78, 5) is 0.113. The maximum Gasteiger partial charge on any atom is 0.238 e. The predicted octanol–water partition coefficient (Wildman–Crippen LogP) is 3.02. The number of fused-ring (bicyclic) bond motifs is 1. The summed E-state index contributed by atoms with van der Waals surface area (Å²) in [6.07, 6.45) is 0.711. The zero-order valence-electron chi connectivity index (χ0n) is 14.0. The van der Waals surface area contributed by atoms with Crippen molar-refractivity contribution < 1.29 is 8.42 Å². The van der Waals surface area contributed by atoms with Crippen molar-refractivity contribution in [1.29, 1.82) is 0 Å². The van der Waals surface area contributed by atoms with E-state index in [0.717, 1.165) is 22.0 Å². The van der Waals surface area contributed by atoms with Crippen molar-refractivity contribution in [3.63, 3.8) is 0 Å². The molecule has 4 N–H and O–H groups in total. The van der Waals surface area contributed by atoms with Crippen LogP contribution in [0.2, 0.25) is 0 Å². The normalized spacial score (nSPS) is 11.3. The second kappa shape index (κ2) is 7.82. The molecule has 3 rings (SSSR count). The van der Waals surface area contributed by atoms with E-state index in [4.69, 9.17) is 17.4 Å². The molecular weight excluding hydrogens is 366 g/mol. The van der Waals surface area contributed by atoms with E-state index in [1.165, 1.54) is 12.1 Å². The minimum absolute atomic E-state index is 0.113. The minimum Gasteiger partial charge on any atom is -0.362 e. The predicted molar refractivity (Wildman–Crippen MR) is 110 cm³/mol. The molecule has 0 spiro atoms. The average Bonchev–Trinajstić information content (AvgIpc) is 2.62. The van der Waals surface area contributed by atoms with Gasteiger partial charge in [-0.2, -0.15) is 0 Å². The molecule has 0 bridgehead atoms. The summed E-state index contributed by atoms with van der Waals surface area (Å²) >= 11 is 5.37. The molecule has 7 heteroatoms. The third kappa shape index (κ3) is 4.57. The third-order valence-corrected chi connectivity index (χ3v) is 5.16. The average molecular weight is 386 g/mol. The Hall–Kier alpha value is -2.48. The number of anilines is 1. The van der Waals surface area contributed by atoms with Crippen LogP contribution < -0.4 is 15.8 Å². The van der Waals surface area contributed by atoms with Crippen LogP contribution in [0.3, 0.4) is 0 Å². The quantitative estimate of drug-likeness (QED) is 0.588. The van der Waals surface area contributed by atoms with E-state index in [2.05, 4.69) is 22.8 Å². The highest BCUT2D eigenvalue weighted by atomic mass is 32.2. The van der Waals surface area contributed by atoms with E-state index in [0.29, 0.717) is 18.1 Å². The first kappa shape index (κ1) is 18.3. The maximum atomic E-state index is 11.3. The Kier molecular flexibility index (Phi) is 5.51. The summed E-state index contributed by atoms with van der Waals surface area (Å²) in [5, 5.41) is 14.3. The van der Waals surface area contributed by atoms with Crippen molar-refractivity contribution >= 4 is 43.8 Å². The van der Waals surface area contributed by atoms with E-state index in [-0.39, 0.29) is 4.90 Å². The van der Waals surface area contributed by atoms with Crippen LogP contribution in [0.1, 0.15) is 5.56 Å². The third-order valence-electron chi connectivity index (χ3n) is 3.99.